The van der Waals surface area contributed by atoms with Crippen LogP contribution in [0.5, 0.6) is 0 Å². The number of halogens is 1. The first-order chi connectivity index (χ1) is 12.9. The molecule has 0 aliphatic carbocycles. The minimum atomic E-state index is -0.0234. The van der Waals surface area contributed by atoms with E-state index in [4.69, 9.17) is 4.99 Å². The van der Waals surface area contributed by atoms with Gasteiger partial charge in [-0.15, -0.1) is 24.0 Å². The highest BCUT2D eigenvalue weighted by Crippen LogP contribution is 2.36. The lowest BCUT2D eigenvalue weighted by Crippen LogP contribution is -2.51. The number of guanidine groups is 1. The molecule has 156 valence electrons. The van der Waals surface area contributed by atoms with Gasteiger partial charge in [0.15, 0.2) is 5.96 Å². The van der Waals surface area contributed by atoms with Gasteiger partial charge in [-0.1, -0.05) is 38.1 Å². The van der Waals surface area contributed by atoms with Crippen molar-refractivity contribution in [1.82, 2.24) is 15.5 Å². The van der Waals surface area contributed by atoms with Crippen LogP contribution in [0, 0.1) is 12.3 Å². The predicted molar refractivity (Wildman–Crippen MR) is 126 cm³/mol. The van der Waals surface area contributed by atoms with Gasteiger partial charge in [-0.2, -0.15) is 0 Å². The van der Waals surface area contributed by atoms with E-state index in [1.54, 1.807) is 0 Å². The van der Waals surface area contributed by atoms with Gasteiger partial charge in [0.25, 0.3) is 0 Å². The van der Waals surface area contributed by atoms with Gasteiger partial charge in [0.2, 0.25) is 5.91 Å². The molecule has 1 unspecified atom stereocenters. The fourth-order valence-electron chi connectivity index (χ4n) is 4.54. The Bertz CT molecular complexity index is 718. The summed E-state index contributed by atoms with van der Waals surface area (Å²) in [5.41, 5.74) is 2.72. The van der Waals surface area contributed by atoms with Crippen molar-refractivity contribution in [1.29, 1.82) is 0 Å². The number of carbonyl (C=O) groups is 1. The van der Waals surface area contributed by atoms with Crippen molar-refractivity contribution in [2.24, 2.45) is 10.4 Å². The first-order valence-electron chi connectivity index (χ1n) is 10.2. The normalized spacial score (nSPS) is 22.8. The maximum atomic E-state index is 11.8. The molecule has 2 N–H and O–H groups in total. The van der Waals surface area contributed by atoms with E-state index in [1.165, 1.54) is 11.1 Å². The molecule has 1 spiro atoms. The number of hydrogen-bond donors (Lipinski definition) is 2. The van der Waals surface area contributed by atoms with Crippen molar-refractivity contribution in [3.8, 4) is 0 Å². The van der Waals surface area contributed by atoms with Crippen LogP contribution in [-0.2, 0) is 10.2 Å². The molecule has 0 radical (unpaired) electrons. The predicted octanol–water partition coefficient (Wildman–Crippen LogP) is 3.46. The number of piperidine rings is 1. The molecule has 1 amide bonds. The Hall–Kier alpha value is -1.31. The van der Waals surface area contributed by atoms with Crippen LogP contribution in [0.25, 0.3) is 0 Å². The average molecular weight is 498 g/mol. The van der Waals surface area contributed by atoms with Gasteiger partial charge >= 0.3 is 0 Å². The number of nitrogens with zero attached hydrogens (tertiary/aromatic N) is 2. The van der Waals surface area contributed by atoms with E-state index < -0.39 is 0 Å². The zero-order valence-corrected chi connectivity index (χ0v) is 20.0. The van der Waals surface area contributed by atoms with E-state index in [2.05, 4.69) is 67.5 Å². The van der Waals surface area contributed by atoms with Gasteiger partial charge in [-0.25, -0.2) is 0 Å². The number of aryl methyl sites for hydroxylation is 1. The van der Waals surface area contributed by atoms with E-state index in [1.807, 2.05) is 0 Å². The molecule has 1 aromatic rings. The van der Waals surface area contributed by atoms with Crippen LogP contribution in [0.15, 0.2) is 29.3 Å². The third-order valence-electron chi connectivity index (χ3n) is 5.99. The fraction of sp³-hybridized carbons (Fsp3) is 0.636. The molecular weight excluding hydrogens is 463 g/mol. The molecule has 2 heterocycles. The fourth-order valence-corrected chi connectivity index (χ4v) is 4.54. The van der Waals surface area contributed by atoms with E-state index in [-0.39, 0.29) is 40.7 Å². The number of amides is 1. The number of aliphatic imine (C=N–C) groups is 1. The summed E-state index contributed by atoms with van der Waals surface area (Å²) in [6, 6.07) is 8.58. The Kier molecular flexibility index (Phi) is 7.76. The largest absolute Gasteiger partial charge is 0.357 e. The minimum Gasteiger partial charge on any atom is -0.357 e. The quantitative estimate of drug-likeness (QED) is 0.380. The number of hydrogen-bond acceptors (Lipinski definition) is 2. The average Bonchev–Trinajstić information content (AvgIpc) is 2.98. The number of nitrogens with one attached hydrogen (secondary N) is 2. The van der Waals surface area contributed by atoms with Gasteiger partial charge in [0.05, 0.1) is 6.54 Å². The first-order valence-corrected chi connectivity index (χ1v) is 10.2. The molecule has 2 fully saturated rings. The number of carbonyl (C=O) groups excluding carboxylic acids is 1. The second-order valence-corrected chi connectivity index (χ2v) is 8.85. The lowest BCUT2D eigenvalue weighted by atomic mass is 9.79. The molecule has 1 atom stereocenters. The van der Waals surface area contributed by atoms with E-state index in [0.717, 1.165) is 51.5 Å². The number of likely N-dealkylation sites (tertiary alicyclic amines) is 1. The third kappa shape index (κ3) is 5.19. The summed E-state index contributed by atoms with van der Waals surface area (Å²) in [4.78, 5) is 19.2. The van der Waals surface area contributed by atoms with Gasteiger partial charge in [-0.05, 0) is 37.8 Å². The molecule has 28 heavy (non-hydrogen) atoms. The molecule has 5 nitrogen and oxygen atoms in total. The van der Waals surface area contributed by atoms with Crippen molar-refractivity contribution in [3.05, 3.63) is 35.4 Å². The van der Waals surface area contributed by atoms with Crippen molar-refractivity contribution < 1.29 is 4.79 Å². The molecule has 1 aromatic carbocycles. The lowest BCUT2D eigenvalue weighted by Gasteiger charge is -2.41. The second kappa shape index (κ2) is 9.46. The van der Waals surface area contributed by atoms with Gasteiger partial charge in [0, 0.05) is 43.4 Å². The van der Waals surface area contributed by atoms with Crippen LogP contribution in [-0.4, -0.2) is 49.5 Å². The van der Waals surface area contributed by atoms with Crippen molar-refractivity contribution in [2.75, 3.05) is 32.7 Å². The van der Waals surface area contributed by atoms with Gasteiger partial charge in [0.1, 0.15) is 0 Å². The van der Waals surface area contributed by atoms with Crippen LogP contribution < -0.4 is 10.6 Å². The van der Waals surface area contributed by atoms with Crippen LogP contribution in [0.3, 0.4) is 0 Å². The highest BCUT2D eigenvalue weighted by atomic mass is 127. The van der Waals surface area contributed by atoms with E-state index >= 15 is 0 Å². The van der Waals surface area contributed by atoms with Crippen LogP contribution in [0.4, 0.5) is 0 Å². The Morgan fingerprint density at radius 1 is 1.36 bits per heavy atom. The Morgan fingerprint density at radius 3 is 2.75 bits per heavy atom. The summed E-state index contributed by atoms with van der Waals surface area (Å²) in [6.45, 7) is 13.1. The molecule has 2 saturated heterocycles. The maximum absolute atomic E-state index is 11.8. The van der Waals surface area contributed by atoms with Crippen LogP contribution in [0.2, 0.25) is 0 Å². The van der Waals surface area contributed by atoms with Crippen molar-refractivity contribution >= 4 is 35.8 Å². The third-order valence-corrected chi connectivity index (χ3v) is 5.99. The molecule has 0 saturated carbocycles. The molecule has 2 aliphatic rings. The van der Waals surface area contributed by atoms with Crippen LogP contribution in [0.1, 0.15) is 51.2 Å². The molecule has 6 heteroatoms. The highest BCUT2D eigenvalue weighted by Gasteiger charge is 2.42. The molecular formula is C22H35IN4O. The minimum absolute atomic E-state index is 0. The number of benzene rings is 1. The molecule has 2 aliphatic heterocycles. The Labute approximate surface area is 186 Å². The summed E-state index contributed by atoms with van der Waals surface area (Å²) in [5.74, 6) is 1.18. The smallest absolute Gasteiger partial charge is 0.220 e. The molecule has 3 rings (SSSR count). The summed E-state index contributed by atoms with van der Waals surface area (Å²) >= 11 is 0. The summed E-state index contributed by atoms with van der Waals surface area (Å²) in [5, 5.41) is 6.51. The van der Waals surface area contributed by atoms with E-state index in [9.17, 15) is 4.79 Å². The summed E-state index contributed by atoms with van der Waals surface area (Å²) in [7, 11) is 0. The zero-order valence-electron chi connectivity index (χ0n) is 17.7. The van der Waals surface area contributed by atoms with Gasteiger partial charge < -0.3 is 15.5 Å². The first kappa shape index (κ1) is 23.0. The maximum Gasteiger partial charge on any atom is 0.220 e. The monoisotopic (exact) mass is 498 g/mol. The standard InChI is InChI=1S/C22H34N4O.HI/c1-5-23-20(25-14-21(3,4)18-10-7-6-9-17(18)2)26-12-8-11-22(16-26)13-19(27)24-15-22;/h6-7,9-10H,5,8,11-16H2,1-4H3,(H,23,25)(H,24,27);1H. The zero-order chi connectivity index (χ0) is 19.5. The SMILES string of the molecule is CCNC(=NCC(C)(C)c1ccccc1C)N1CCCC2(CNC(=O)C2)C1.I. The van der Waals surface area contributed by atoms with E-state index in [0.29, 0.717) is 6.42 Å². The lowest BCUT2D eigenvalue weighted by molar-refractivity contribution is -0.119. The molecule has 0 aromatic heterocycles. The highest BCUT2D eigenvalue weighted by molar-refractivity contribution is 14.0. The second-order valence-electron chi connectivity index (χ2n) is 8.85. The van der Waals surface area contributed by atoms with Gasteiger partial charge in [-0.3, -0.25) is 9.79 Å². The Morgan fingerprint density at radius 2 is 2.11 bits per heavy atom. The van der Waals surface area contributed by atoms with Crippen molar-refractivity contribution in [3.63, 3.8) is 0 Å². The molecule has 0 bridgehead atoms. The topological polar surface area (TPSA) is 56.7 Å². The summed E-state index contributed by atoms with van der Waals surface area (Å²) < 4.78 is 0. The number of rotatable bonds is 4. The van der Waals surface area contributed by atoms with Crippen molar-refractivity contribution in [2.45, 2.75) is 52.4 Å². The van der Waals surface area contributed by atoms with Crippen LogP contribution >= 0.6 is 24.0 Å². The summed E-state index contributed by atoms with van der Waals surface area (Å²) in [6.07, 6.45) is 2.88. The Balaban J connectivity index is 0.00000280.